The molecule has 3 saturated heterocycles. The minimum Gasteiger partial charge on any atom is -0.329 e. The molecule has 0 unspecified atom stereocenters. The van der Waals surface area contributed by atoms with Crippen LogP contribution in [0.15, 0.2) is 24.3 Å². The summed E-state index contributed by atoms with van der Waals surface area (Å²) in [6, 6.07) is 6.07. The first-order valence-electron chi connectivity index (χ1n) is 8.22. The Balaban J connectivity index is 1.51. The lowest BCUT2D eigenvalue weighted by Crippen LogP contribution is -2.68. The number of hydrogen-bond donors (Lipinski definition) is 0. The summed E-state index contributed by atoms with van der Waals surface area (Å²) in [5.41, 5.74) is 0.634. The van der Waals surface area contributed by atoms with Gasteiger partial charge >= 0.3 is 0 Å². The second kappa shape index (κ2) is 5.60. The average Bonchev–Trinajstić information content (AvgIpc) is 3.05. The van der Waals surface area contributed by atoms with Gasteiger partial charge in [0.2, 0.25) is 11.8 Å². The standard InChI is InChI=1S/C17H20FN3O2/c18-13-5-2-1-4-12(13)10-19-8-9-21-15(11-19)17(23)20-7-3-6-14(20)16(21)22/h1-2,4-5,14-15H,3,6-11H2/t14-,15+/m0/s1. The molecular weight excluding hydrogens is 297 g/mol. The number of piperazine rings is 2. The molecule has 1 aromatic rings. The molecule has 2 amide bonds. The molecule has 4 rings (SSSR count). The lowest BCUT2D eigenvalue weighted by molar-refractivity contribution is -0.163. The van der Waals surface area contributed by atoms with Gasteiger partial charge in [0.25, 0.3) is 0 Å². The summed E-state index contributed by atoms with van der Waals surface area (Å²) < 4.78 is 13.8. The van der Waals surface area contributed by atoms with Gasteiger partial charge in [0.15, 0.2) is 0 Å². The normalized spacial score (nSPS) is 28.0. The van der Waals surface area contributed by atoms with Gasteiger partial charge in [-0.2, -0.15) is 0 Å². The molecule has 0 aliphatic carbocycles. The largest absolute Gasteiger partial charge is 0.329 e. The summed E-state index contributed by atoms with van der Waals surface area (Å²) >= 11 is 0. The van der Waals surface area contributed by atoms with Crippen LogP contribution in [-0.2, 0) is 16.1 Å². The maximum Gasteiger partial charge on any atom is 0.247 e. The van der Waals surface area contributed by atoms with Crippen LogP contribution < -0.4 is 0 Å². The van der Waals surface area contributed by atoms with E-state index in [1.54, 1.807) is 21.9 Å². The Bertz CT molecular complexity index is 650. The average molecular weight is 317 g/mol. The van der Waals surface area contributed by atoms with Crippen LogP contribution in [0.25, 0.3) is 0 Å². The van der Waals surface area contributed by atoms with E-state index in [9.17, 15) is 14.0 Å². The molecule has 0 N–H and O–H groups in total. The zero-order valence-electron chi connectivity index (χ0n) is 12.9. The van der Waals surface area contributed by atoms with Gasteiger partial charge in [0.05, 0.1) is 0 Å². The summed E-state index contributed by atoms with van der Waals surface area (Å²) in [5.74, 6) is -0.0661. The highest BCUT2D eigenvalue weighted by Gasteiger charge is 2.49. The van der Waals surface area contributed by atoms with E-state index >= 15 is 0 Å². The Morgan fingerprint density at radius 1 is 1.00 bits per heavy atom. The first-order chi connectivity index (χ1) is 11.1. The van der Waals surface area contributed by atoms with E-state index in [1.807, 2.05) is 6.07 Å². The number of carbonyl (C=O) groups excluding carboxylic acids is 2. The molecule has 0 spiro atoms. The van der Waals surface area contributed by atoms with E-state index in [4.69, 9.17) is 0 Å². The second-order valence-electron chi connectivity index (χ2n) is 6.56. The maximum absolute atomic E-state index is 13.8. The van der Waals surface area contributed by atoms with Crippen LogP contribution in [0.5, 0.6) is 0 Å². The Morgan fingerprint density at radius 3 is 2.57 bits per heavy atom. The molecule has 122 valence electrons. The summed E-state index contributed by atoms with van der Waals surface area (Å²) in [5, 5.41) is 0. The van der Waals surface area contributed by atoms with E-state index in [-0.39, 0.29) is 23.7 Å². The lowest BCUT2D eigenvalue weighted by Gasteiger charge is -2.47. The van der Waals surface area contributed by atoms with Crippen LogP contribution in [0.4, 0.5) is 4.39 Å². The molecule has 6 heteroatoms. The number of benzene rings is 1. The molecule has 1 aromatic carbocycles. The van der Waals surface area contributed by atoms with Gasteiger partial charge in [-0.15, -0.1) is 0 Å². The Hall–Kier alpha value is -1.95. The van der Waals surface area contributed by atoms with Crippen molar-refractivity contribution in [3.8, 4) is 0 Å². The smallest absolute Gasteiger partial charge is 0.247 e. The summed E-state index contributed by atoms with van der Waals surface area (Å²) in [7, 11) is 0. The van der Waals surface area contributed by atoms with Crippen molar-refractivity contribution in [2.24, 2.45) is 0 Å². The van der Waals surface area contributed by atoms with E-state index in [1.165, 1.54) is 6.07 Å². The number of hydrogen-bond acceptors (Lipinski definition) is 3. The monoisotopic (exact) mass is 317 g/mol. The highest BCUT2D eigenvalue weighted by molar-refractivity contribution is 5.97. The Kier molecular flexibility index (Phi) is 3.56. The van der Waals surface area contributed by atoms with Crippen molar-refractivity contribution < 1.29 is 14.0 Å². The topological polar surface area (TPSA) is 43.9 Å². The van der Waals surface area contributed by atoms with Crippen LogP contribution in [0.3, 0.4) is 0 Å². The minimum atomic E-state index is -0.405. The van der Waals surface area contributed by atoms with Crippen LogP contribution in [-0.4, -0.2) is 64.8 Å². The molecule has 0 bridgehead atoms. The third kappa shape index (κ3) is 2.41. The fourth-order valence-electron chi connectivity index (χ4n) is 4.00. The summed E-state index contributed by atoms with van der Waals surface area (Å²) in [6.07, 6.45) is 1.69. The van der Waals surface area contributed by atoms with Crippen LogP contribution in [0.1, 0.15) is 18.4 Å². The number of fused-ring (bicyclic) bond motifs is 2. The van der Waals surface area contributed by atoms with E-state index in [0.717, 1.165) is 12.8 Å². The minimum absolute atomic E-state index is 0.0605. The zero-order valence-corrected chi connectivity index (χ0v) is 12.9. The van der Waals surface area contributed by atoms with Gasteiger partial charge in [-0.1, -0.05) is 18.2 Å². The third-order valence-electron chi connectivity index (χ3n) is 5.21. The molecule has 23 heavy (non-hydrogen) atoms. The van der Waals surface area contributed by atoms with Crippen molar-refractivity contribution in [3.05, 3.63) is 35.6 Å². The molecule has 2 atom stereocenters. The lowest BCUT2D eigenvalue weighted by atomic mass is 10.0. The highest BCUT2D eigenvalue weighted by Crippen LogP contribution is 2.29. The maximum atomic E-state index is 13.8. The van der Waals surface area contributed by atoms with Gasteiger partial charge in [-0.25, -0.2) is 4.39 Å². The van der Waals surface area contributed by atoms with Crippen LogP contribution >= 0.6 is 0 Å². The van der Waals surface area contributed by atoms with Crippen molar-refractivity contribution in [2.45, 2.75) is 31.5 Å². The van der Waals surface area contributed by atoms with Crippen molar-refractivity contribution in [2.75, 3.05) is 26.2 Å². The molecule has 3 fully saturated rings. The van der Waals surface area contributed by atoms with Gasteiger partial charge < -0.3 is 9.80 Å². The molecule has 3 aliphatic rings. The molecule has 0 aromatic heterocycles. The van der Waals surface area contributed by atoms with Crippen molar-refractivity contribution in [1.82, 2.24) is 14.7 Å². The SMILES string of the molecule is O=C1[C@@H]2CCCN2C(=O)[C@H]2CN(Cc3ccccc3F)CCN12. The summed E-state index contributed by atoms with van der Waals surface area (Å²) in [4.78, 5) is 30.8. The first kappa shape index (κ1) is 14.6. The molecule has 0 saturated carbocycles. The van der Waals surface area contributed by atoms with Crippen molar-refractivity contribution in [1.29, 1.82) is 0 Å². The summed E-state index contributed by atoms with van der Waals surface area (Å²) in [6.45, 7) is 2.88. The molecule has 5 nitrogen and oxygen atoms in total. The van der Waals surface area contributed by atoms with Gasteiger partial charge in [-0.3, -0.25) is 14.5 Å². The predicted octanol–water partition coefficient (Wildman–Crippen LogP) is 0.843. The number of halogens is 1. The first-order valence-corrected chi connectivity index (χ1v) is 8.22. The van der Waals surface area contributed by atoms with E-state index in [0.29, 0.717) is 38.3 Å². The number of amides is 2. The van der Waals surface area contributed by atoms with E-state index in [2.05, 4.69) is 4.90 Å². The van der Waals surface area contributed by atoms with Gasteiger partial charge in [0, 0.05) is 38.3 Å². The highest BCUT2D eigenvalue weighted by atomic mass is 19.1. The van der Waals surface area contributed by atoms with Crippen molar-refractivity contribution in [3.63, 3.8) is 0 Å². The number of carbonyl (C=O) groups is 2. The zero-order chi connectivity index (χ0) is 16.0. The van der Waals surface area contributed by atoms with Gasteiger partial charge in [-0.05, 0) is 18.9 Å². The van der Waals surface area contributed by atoms with E-state index < -0.39 is 6.04 Å². The van der Waals surface area contributed by atoms with Crippen molar-refractivity contribution >= 4 is 11.8 Å². The van der Waals surface area contributed by atoms with Crippen LogP contribution in [0, 0.1) is 5.82 Å². The Labute approximate surface area is 134 Å². The third-order valence-corrected chi connectivity index (χ3v) is 5.21. The molecule has 0 radical (unpaired) electrons. The Morgan fingerprint density at radius 2 is 1.74 bits per heavy atom. The van der Waals surface area contributed by atoms with Gasteiger partial charge in [0.1, 0.15) is 17.9 Å². The fraction of sp³-hybridized carbons (Fsp3) is 0.529. The fourth-order valence-corrected chi connectivity index (χ4v) is 4.00. The molecule has 3 heterocycles. The van der Waals surface area contributed by atoms with Crippen LogP contribution in [0.2, 0.25) is 0 Å². The number of nitrogens with zero attached hydrogens (tertiary/aromatic N) is 3. The quantitative estimate of drug-likeness (QED) is 0.812. The number of rotatable bonds is 2. The predicted molar refractivity (Wildman–Crippen MR) is 81.9 cm³/mol. The second-order valence-corrected chi connectivity index (χ2v) is 6.56. The molecule has 3 aliphatic heterocycles. The molecular formula is C17H20FN3O2.